The highest BCUT2D eigenvalue weighted by molar-refractivity contribution is 5.93. The second-order valence-electron chi connectivity index (χ2n) is 9.38. The van der Waals surface area contributed by atoms with Gasteiger partial charge >= 0.3 is 0 Å². The molecule has 1 N–H and O–H groups in total. The van der Waals surface area contributed by atoms with Crippen molar-refractivity contribution in [1.29, 1.82) is 0 Å². The molecule has 0 aliphatic carbocycles. The number of carbonyl (C=O) groups is 1. The van der Waals surface area contributed by atoms with Gasteiger partial charge in [0.2, 0.25) is 17.5 Å². The zero-order chi connectivity index (χ0) is 27.5. The molecule has 0 spiro atoms. The van der Waals surface area contributed by atoms with E-state index in [2.05, 4.69) is 30.2 Å². The van der Waals surface area contributed by atoms with Crippen LogP contribution in [0.5, 0.6) is 17.2 Å². The van der Waals surface area contributed by atoms with Crippen molar-refractivity contribution in [3.05, 3.63) is 48.1 Å². The molecular formula is C27H31N7O5. The molecule has 5 rings (SSSR count). The molecule has 0 unspecified atom stereocenters. The van der Waals surface area contributed by atoms with Gasteiger partial charge in [-0.2, -0.15) is 10.1 Å². The van der Waals surface area contributed by atoms with Crippen molar-refractivity contribution < 1.29 is 23.5 Å². The topological polar surface area (TPSA) is 132 Å². The number of aromatic nitrogens is 5. The lowest BCUT2D eigenvalue weighted by Gasteiger charge is -2.35. The van der Waals surface area contributed by atoms with Crippen molar-refractivity contribution in [3.8, 4) is 39.9 Å². The van der Waals surface area contributed by atoms with E-state index in [9.17, 15) is 4.79 Å². The molecule has 204 valence electrons. The van der Waals surface area contributed by atoms with Crippen LogP contribution in [-0.2, 0) is 0 Å². The summed E-state index contributed by atoms with van der Waals surface area (Å²) in [6.45, 7) is 6.44. The number of rotatable bonds is 8. The molecule has 0 saturated carbocycles. The molecule has 1 saturated heterocycles. The van der Waals surface area contributed by atoms with Gasteiger partial charge in [0.1, 0.15) is 11.5 Å². The molecule has 1 aliphatic rings. The first-order chi connectivity index (χ1) is 18.9. The van der Waals surface area contributed by atoms with E-state index < -0.39 is 0 Å². The number of pyridine rings is 1. The molecule has 1 fully saturated rings. The molecular weight excluding hydrogens is 502 g/mol. The number of ether oxygens (including phenoxy) is 3. The molecule has 39 heavy (non-hydrogen) atoms. The van der Waals surface area contributed by atoms with Crippen molar-refractivity contribution in [2.24, 2.45) is 0 Å². The zero-order valence-corrected chi connectivity index (χ0v) is 22.6. The Balaban J connectivity index is 1.23. The number of hydrogen-bond donors (Lipinski definition) is 1. The van der Waals surface area contributed by atoms with Crippen LogP contribution in [0.15, 0.2) is 41.1 Å². The van der Waals surface area contributed by atoms with E-state index in [4.69, 9.17) is 18.7 Å². The maximum atomic E-state index is 13.2. The average Bonchev–Trinajstić information content (AvgIpc) is 3.67. The number of nitrogens with one attached hydrogen (secondary N) is 1. The quantitative estimate of drug-likeness (QED) is 0.358. The van der Waals surface area contributed by atoms with E-state index in [1.165, 1.54) is 0 Å². The van der Waals surface area contributed by atoms with Crippen LogP contribution in [0.25, 0.3) is 22.6 Å². The largest absolute Gasteiger partial charge is 0.493 e. The number of methoxy groups -OCH3 is 3. The van der Waals surface area contributed by atoms with Crippen LogP contribution in [0.1, 0.15) is 36.1 Å². The molecule has 3 aromatic heterocycles. The summed E-state index contributed by atoms with van der Waals surface area (Å²) in [4.78, 5) is 26.2. The van der Waals surface area contributed by atoms with E-state index in [-0.39, 0.29) is 11.8 Å². The standard InChI is InChI=1S/C27H31N7O5/c1-16(2)26-29-25(32-39-26)17-6-7-23(28-15-17)33-8-10-34(11-9-33)27(35)20-14-19(30-31-20)18-12-21(36-3)24(38-5)22(13-18)37-4/h6-7,12-16H,8-11H2,1-5H3,(H,30,31). The molecule has 1 amide bonds. The maximum absolute atomic E-state index is 13.2. The normalized spacial score (nSPS) is 13.6. The van der Waals surface area contributed by atoms with Gasteiger partial charge < -0.3 is 28.5 Å². The third-order valence-corrected chi connectivity index (χ3v) is 6.60. The number of anilines is 1. The van der Waals surface area contributed by atoms with E-state index in [0.29, 0.717) is 66.5 Å². The first-order valence-electron chi connectivity index (χ1n) is 12.6. The Labute approximate surface area is 225 Å². The van der Waals surface area contributed by atoms with Crippen LogP contribution >= 0.6 is 0 Å². The maximum Gasteiger partial charge on any atom is 0.272 e. The highest BCUT2D eigenvalue weighted by Gasteiger charge is 2.25. The number of benzene rings is 1. The van der Waals surface area contributed by atoms with Gasteiger partial charge in [0.05, 0.1) is 27.0 Å². The van der Waals surface area contributed by atoms with Crippen molar-refractivity contribution in [1.82, 2.24) is 30.2 Å². The average molecular weight is 534 g/mol. The summed E-state index contributed by atoms with van der Waals surface area (Å²) in [5.41, 5.74) is 2.55. The molecule has 0 radical (unpaired) electrons. The van der Waals surface area contributed by atoms with Gasteiger partial charge in [0, 0.05) is 49.4 Å². The Hall–Kier alpha value is -4.61. The first kappa shape index (κ1) is 26.0. The fourth-order valence-corrected chi connectivity index (χ4v) is 4.41. The Morgan fingerprint density at radius 1 is 0.974 bits per heavy atom. The van der Waals surface area contributed by atoms with E-state index >= 15 is 0 Å². The van der Waals surface area contributed by atoms with Gasteiger partial charge in [-0.05, 0) is 30.3 Å². The minimum atomic E-state index is -0.109. The Morgan fingerprint density at radius 2 is 1.69 bits per heavy atom. The molecule has 0 bridgehead atoms. The Bertz CT molecular complexity index is 1410. The highest BCUT2D eigenvalue weighted by Crippen LogP contribution is 2.41. The second kappa shape index (κ2) is 11.0. The van der Waals surface area contributed by atoms with Gasteiger partial charge in [-0.15, -0.1) is 0 Å². The number of aromatic amines is 1. The number of H-pyrrole nitrogens is 1. The molecule has 4 aromatic rings. The summed E-state index contributed by atoms with van der Waals surface area (Å²) in [5.74, 6) is 3.54. The van der Waals surface area contributed by atoms with Crippen molar-refractivity contribution in [2.75, 3.05) is 52.4 Å². The van der Waals surface area contributed by atoms with Gasteiger partial charge in [0.15, 0.2) is 11.5 Å². The Kier molecular flexibility index (Phi) is 7.35. The lowest BCUT2D eigenvalue weighted by Crippen LogP contribution is -2.49. The summed E-state index contributed by atoms with van der Waals surface area (Å²) in [5, 5.41) is 11.3. The lowest BCUT2D eigenvalue weighted by molar-refractivity contribution is 0.0740. The van der Waals surface area contributed by atoms with Gasteiger partial charge in [-0.1, -0.05) is 19.0 Å². The summed E-state index contributed by atoms with van der Waals surface area (Å²) in [6, 6.07) is 9.20. The van der Waals surface area contributed by atoms with Crippen LogP contribution in [0.2, 0.25) is 0 Å². The fraction of sp³-hybridized carbons (Fsp3) is 0.370. The number of nitrogens with zero attached hydrogens (tertiary/aromatic N) is 6. The van der Waals surface area contributed by atoms with Crippen molar-refractivity contribution in [2.45, 2.75) is 19.8 Å². The predicted molar refractivity (Wildman–Crippen MR) is 143 cm³/mol. The SMILES string of the molecule is COc1cc(-c2cc(C(=O)N3CCN(c4ccc(-c5noc(C(C)C)n5)cn4)CC3)[nH]n2)cc(OC)c1OC. The molecule has 0 atom stereocenters. The zero-order valence-electron chi connectivity index (χ0n) is 22.6. The van der Waals surface area contributed by atoms with Gasteiger partial charge in [-0.25, -0.2) is 4.98 Å². The summed E-state index contributed by atoms with van der Waals surface area (Å²) < 4.78 is 21.6. The second-order valence-corrected chi connectivity index (χ2v) is 9.38. The Morgan fingerprint density at radius 3 is 2.26 bits per heavy atom. The van der Waals surface area contributed by atoms with Crippen molar-refractivity contribution >= 4 is 11.7 Å². The van der Waals surface area contributed by atoms with Crippen molar-refractivity contribution in [3.63, 3.8) is 0 Å². The molecule has 1 aliphatic heterocycles. The van der Waals surface area contributed by atoms with Crippen LogP contribution < -0.4 is 19.1 Å². The highest BCUT2D eigenvalue weighted by atomic mass is 16.5. The summed E-state index contributed by atoms with van der Waals surface area (Å²) in [6.07, 6.45) is 1.75. The number of piperazine rings is 1. The van der Waals surface area contributed by atoms with E-state index in [0.717, 1.165) is 16.9 Å². The first-order valence-corrected chi connectivity index (χ1v) is 12.6. The van der Waals surface area contributed by atoms with Gasteiger partial charge in [-0.3, -0.25) is 9.89 Å². The number of hydrogen-bond acceptors (Lipinski definition) is 10. The summed E-state index contributed by atoms with van der Waals surface area (Å²) in [7, 11) is 4.66. The van der Waals surface area contributed by atoms with E-state index in [1.54, 1.807) is 45.7 Å². The monoisotopic (exact) mass is 533 g/mol. The van der Waals surface area contributed by atoms with Crippen LogP contribution in [0.3, 0.4) is 0 Å². The summed E-state index contributed by atoms with van der Waals surface area (Å²) >= 11 is 0. The predicted octanol–water partition coefficient (Wildman–Crippen LogP) is 3.63. The number of amides is 1. The third kappa shape index (κ3) is 5.22. The smallest absolute Gasteiger partial charge is 0.272 e. The fourth-order valence-electron chi connectivity index (χ4n) is 4.41. The minimum Gasteiger partial charge on any atom is -0.493 e. The van der Waals surface area contributed by atoms with Gasteiger partial charge in [0.25, 0.3) is 5.91 Å². The third-order valence-electron chi connectivity index (χ3n) is 6.60. The van der Waals surface area contributed by atoms with Crippen LogP contribution in [0, 0.1) is 0 Å². The van der Waals surface area contributed by atoms with Crippen LogP contribution in [0.4, 0.5) is 5.82 Å². The minimum absolute atomic E-state index is 0.109. The van der Waals surface area contributed by atoms with E-state index in [1.807, 2.05) is 30.9 Å². The molecule has 1 aromatic carbocycles. The molecule has 12 nitrogen and oxygen atoms in total. The molecule has 12 heteroatoms. The van der Waals surface area contributed by atoms with Crippen LogP contribution in [-0.4, -0.2) is 83.6 Å². The number of carbonyl (C=O) groups excluding carboxylic acids is 1. The molecule has 4 heterocycles. The lowest BCUT2D eigenvalue weighted by atomic mass is 10.1.